The summed E-state index contributed by atoms with van der Waals surface area (Å²) in [6, 6.07) is 0. The number of nitrogens with one attached hydrogen (secondary N) is 2. The van der Waals surface area contributed by atoms with Gasteiger partial charge in [-0.3, -0.25) is 5.10 Å². The second kappa shape index (κ2) is 4.34. The second-order valence-corrected chi connectivity index (χ2v) is 4.87. The van der Waals surface area contributed by atoms with Gasteiger partial charge in [-0.1, -0.05) is 0 Å². The summed E-state index contributed by atoms with van der Waals surface area (Å²) in [5, 5.41) is 13.3. The van der Waals surface area contributed by atoms with Gasteiger partial charge in [-0.25, -0.2) is 15.0 Å². The minimum Gasteiger partial charge on any atom is -0.362 e. The highest BCUT2D eigenvalue weighted by atomic mass is 32.1. The Bertz CT molecular complexity index is 686. The third-order valence-corrected chi connectivity index (χ3v) is 3.62. The van der Waals surface area contributed by atoms with Gasteiger partial charge in [-0.05, 0) is 24.8 Å². The van der Waals surface area contributed by atoms with E-state index in [2.05, 4.69) is 42.8 Å². The summed E-state index contributed by atoms with van der Waals surface area (Å²) in [4.78, 5) is 13.8. The Morgan fingerprint density at radius 3 is 3.00 bits per heavy atom. The third-order valence-electron chi connectivity index (χ3n) is 2.61. The summed E-state index contributed by atoms with van der Waals surface area (Å²) in [6.07, 6.45) is 1.57. The van der Waals surface area contributed by atoms with E-state index in [1.54, 1.807) is 17.7 Å². The molecule has 3 aromatic heterocycles. The van der Waals surface area contributed by atoms with E-state index in [1.165, 1.54) is 5.56 Å². The Balaban J connectivity index is 1.88. The Morgan fingerprint density at radius 1 is 1.33 bits per heavy atom. The zero-order chi connectivity index (χ0) is 12.5. The van der Waals surface area contributed by atoms with Crippen molar-refractivity contribution in [2.24, 2.45) is 0 Å². The molecule has 0 aliphatic rings. The molecule has 0 fully saturated rings. The van der Waals surface area contributed by atoms with Crippen molar-refractivity contribution in [1.82, 2.24) is 25.1 Å². The van der Waals surface area contributed by atoms with Gasteiger partial charge in [0.2, 0.25) is 0 Å². The molecule has 3 rings (SSSR count). The van der Waals surface area contributed by atoms with Crippen LogP contribution in [-0.4, -0.2) is 25.1 Å². The minimum atomic E-state index is 0.547. The van der Waals surface area contributed by atoms with Crippen molar-refractivity contribution in [2.45, 2.75) is 20.4 Å². The van der Waals surface area contributed by atoms with Crippen LogP contribution in [0.3, 0.4) is 0 Å². The molecule has 92 valence electrons. The molecule has 0 saturated heterocycles. The Labute approximate surface area is 108 Å². The fourth-order valence-electron chi connectivity index (χ4n) is 1.78. The molecule has 0 aliphatic carbocycles. The van der Waals surface area contributed by atoms with Crippen LogP contribution in [0, 0.1) is 13.8 Å². The molecule has 0 aliphatic heterocycles. The molecule has 3 heterocycles. The SMILES string of the molecule is Cc1nc(CNc2ncnc3scc(C)c23)n[nH]1. The molecule has 0 saturated carbocycles. The van der Waals surface area contributed by atoms with Crippen molar-refractivity contribution in [1.29, 1.82) is 0 Å². The number of anilines is 1. The van der Waals surface area contributed by atoms with Gasteiger partial charge in [0.1, 0.15) is 22.8 Å². The fraction of sp³-hybridized carbons (Fsp3) is 0.273. The van der Waals surface area contributed by atoms with Crippen LogP contribution in [0.1, 0.15) is 17.2 Å². The molecule has 7 heteroatoms. The van der Waals surface area contributed by atoms with Gasteiger partial charge in [0.05, 0.1) is 11.9 Å². The van der Waals surface area contributed by atoms with Crippen molar-refractivity contribution in [2.75, 3.05) is 5.32 Å². The fourth-order valence-corrected chi connectivity index (χ4v) is 2.67. The van der Waals surface area contributed by atoms with Gasteiger partial charge in [0.15, 0.2) is 5.82 Å². The van der Waals surface area contributed by atoms with Crippen LogP contribution in [0.2, 0.25) is 0 Å². The topological polar surface area (TPSA) is 79.4 Å². The number of aromatic amines is 1. The zero-order valence-electron chi connectivity index (χ0n) is 10.1. The van der Waals surface area contributed by atoms with E-state index >= 15 is 0 Å². The summed E-state index contributed by atoms with van der Waals surface area (Å²) in [5.74, 6) is 2.37. The highest BCUT2D eigenvalue weighted by molar-refractivity contribution is 7.17. The van der Waals surface area contributed by atoms with E-state index < -0.39 is 0 Å². The van der Waals surface area contributed by atoms with E-state index in [0.717, 1.165) is 27.7 Å². The molecule has 2 N–H and O–H groups in total. The molecule has 0 bridgehead atoms. The smallest absolute Gasteiger partial charge is 0.169 e. The number of aromatic nitrogens is 5. The first-order valence-corrected chi connectivity index (χ1v) is 6.42. The summed E-state index contributed by atoms with van der Waals surface area (Å²) in [7, 11) is 0. The molecule has 0 aromatic carbocycles. The van der Waals surface area contributed by atoms with Crippen molar-refractivity contribution >= 4 is 27.4 Å². The zero-order valence-corrected chi connectivity index (χ0v) is 10.9. The number of hydrogen-bond donors (Lipinski definition) is 2. The van der Waals surface area contributed by atoms with E-state index in [1.807, 2.05) is 6.92 Å². The largest absolute Gasteiger partial charge is 0.362 e. The van der Waals surface area contributed by atoms with Gasteiger partial charge in [0, 0.05) is 0 Å². The van der Waals surface area contributed by atoms with Crippen molar-refractivity contribution in [3.63, 3.8) is 0 Å². The highest BCUT2D eigenvalue weighted by Crippen LogP contribution is 2.28. The Hall–Kier alpha value is -2.02. The van der Waals surface area contributed by atoms with Crippen LogP contribution >= 0.6 is 11.3 Å². The molecule has 0 atom stereocenters. The first-order chi connectivity index (χ1) is 8.74. The molecule has 0 amide bonds. The van der Waals surface area contributed by atoms with Gasteiger partial charge >= 0.3 is 0 Å². The maximum absolute atomic E-state index is 4.28. The maximum Gasteiger partial charge on any atom is 0.169 e. The van der Waals surface area contributed by atoms with Gasteiger partial charge in [-0.15, -0.1) is 11.3 Å². The molecular formula is C11H12N6S. The number of H-pyrrole nitrogens is 1. The molecule has 0 radical (unpaired) electrons. The van der Waals surface area contributed by atoms with Crippen LogP contribution in [0.5, 0.6) is 0 Å². The predicted molar refractivity (Wildman–Crippen MR) is 70.6 cm³/mol. The lowest BCUT2D eigenvalue weighted by atomic mass is 10.2. The predicted octanol–water partition coefficient (Wildman–Crippen LogP) is 2.04. The van der Waals surface area contributed by atoms with Gasteiger partial charge in [-0.2, -0.15) is 5.10 Å². The first kappa shape index (κ1) is 11.1. The average Bonchev–Trinajstić information content (AvgIpc) is 2.94. The lowest BCUT2D eigenvalue weighted by molar-refractivity contribution is 0.947. The van der Waals surface area contributed by atoms with E-state index in [0.29, 0.717) is 6.54 Å². The Morgan fingerprint density at radius 2 is 2.22 bits per heavy atom. The first-order valence-electron chi connectivity index (χ1n) is 5.54. The normalized spacial score (nSPS) is 11.0. The van der Waals surface area contributed by atoms with Gasteiger partial charge < -0.3 is 5.32 Å². The molecule has 0 unspecified atom stereocenters. The lowest BCUT2D eigenvalue weighted by Crippen LogP contribution is -2.04. The van der Waals surface area contributed by atoms with E-state index in [9.17, 15) is 0 Å². The number of nitrogens with zero attached hydrogens (tertiary/aromatic N) is 4. The summed E-state index contributed by atoms with van der Waals surface area (Å²) in [6.45, 7) is 4.48. The number of hydrogen-bond acceptors (Lipinski definition) is 6. The van der Waals surface area contributed by atoms with Gasteiger partial charge in [0.25, 0.3) is 0 Å². The summed E-state index contributed by atoms with van der Waals surface area (Å²) >= 11 is 1.63. The third kappa shape index (κ3) is 1.92. The van der Waals surface area contributed by atoms with Crippen LogP contribution in [0.25, 0.3) is 10.2 Å². The van der Waals surface area contributed by atoms with Crippen molar-refractivity contribution in [3.05, 3.63) is 28.9 Å². The molecule has 3 aromatic rings. The number of fused-ring (bicyclic) bond motifs is 1. The number of rotatable bonds is 3. The molecule has 6 nitrogen and oxygen atoms in total. The second-order valence-electron chi connectivity index (χ2n) is 4.01. The van der Waals surface area contributed by atoms with Crippen LogP contribution in [-0.2, 0) is 6.54 Å². The molecular weight excluding hydrogens is 248 g/mol. The average molecular weight is 260 g/mol. The number of thiophene rings is 1. The van der Waals surface area contributed by atoms with Crippen molar-refractivity contribution < 1.29 is 0 Å². The summed E-state index contributed by atoms with van der Waals surface area (Å²) in [5.41, 5.74) is 1.18. The quantitative estimate of drug-likeness (QED) is 0.753. The maximum atomic E-state index is 4.28. The van der Waals surface area contributed by atoms with Crippen molar-refractivity contribution in [3.8, 4) is 0 Å². The minimum absolute atomic E-state index is 0.547. The van der Waals surface area contributed by atoms with Crippen LogP contribution in [0.4, 0.5) is 5.82 Å². The lowest BCUT2D eigenvalue weighted by Gasteiger charge is -2.04. The molecule has 0 spiro atoms. The van der Waals surface area contributed by atoms with Crippen LogP contribution < -0.4 is 5.32 Å². The standard InChI is InChI=1S/C11H12N6S/c1-6-4-18-11-9(6)10(13-5-14-11)12-3-8-15-7(2)16-17-8/h4-5H,3H2,1-2H3,(H,12,13,14)(H,15,16,17). The van der Waals surface area contributed by atoms with E-state index in [4.69, 9.17) is 0 Å². The summed E-state index contributed by atoms with van der Waals surface area (Å²) < 4.78 is 0. The Kier molecular flexibility index (Phi) is 2.67. The van der Waals surface area contributed by atoms with Crippen LogP contribution in [0.15, 0.2) is 11.7 Å². The highest BCUT2D eigenvalue weighted by Gasteiger charge is 2.09. The monoisotopic (exact) mass is 260 g/mol. The number of aryl methyl sites for hydroxylation is 2. The molecule has 18 heavy (non-hydrogen) atoms. The van der Waals surface area contributed by atoms with E-state index in [-0.39, 0.29) is 0 Å².